The van der Waals surface area contributed by atoms with Gasteiger partial charge in [-0.2, -0.15) is 8.42 Å². The molecule has 0 aliphatic rings. The maximum atomic E-state index is 11.2. The maximum absolute atomic E-state index is 11.2. The third kappa shape index (κ3) is 5.30. The molecule has 0 fully saturated rings. The first kappa shape index (κ1) is 15.5. The molecule has 1 aromatic carbocycles. The number of azide groups is 1. The standard InChI is InChI=1S/C12H17N3O3S/c1-10-6-7-12(19(16,17)18)11(9-10)5-3-2-4-8-14-15-13/h6-7,9H,2-5,8H2,1H3,(H,16,17,18). The van der Waals surface area contributed by atoms with Gasteiger partial charge in [-0.25, -0.2) is 0 Å². The summed E-state index contributed by atoms with van der Waals surface area (Å²) in [5.41, 5.74) is 9.71. The lowest BCUT2D eigenvalue weighted by molar-refractivity contribution is 0.481. The number of rotatable bonds is 7. The molecule has 0 atom stereocenters. The Labute approximate surface area is 112 Å². The van der Waals surface area contributed by atoms with Crippen molar-refractivity contribution in [1.82, 2.24) is 0 Å². The van der Waals surface area contributed by atoms with Gasteiger partial charge >= 0.3 is 0 Å². The SMILES string of the molecule is Cc1ccc(S(=O)(=O)O)c(CCCCCN=[N+]=[N-])c1. The van der Waals surface area contributed by atoms with Gasteiger partial charge in [0.25, 0.3) is 10.1 Å². The molecule has 6 nitrogen and oxygen atoms in total. The van der Waals surface area contributed by atoms with Gasteiger partial charge in [0.15, 0.2) is 0 Å². The number of nitrogens with zero attached hydrogens (tertiary/aromatic N) is 3. The molecule has 0 saturated carbocycles. The molecule has 0 radical (unpaired) electrons. The van der Waals surface area contributed by atoms with E-state index in [1.54, 1.807) is 12.1 Å². The molecule has 104 valence electrons. The molecule has 1 rings (SSSR count). The first-order chi connectivity index (χ1) is 8.95. The van der Waals surface area contributed by atoms with Crippen LogP contribution < -0.4 is 0 Å². The van der Waals surface area contributed by atoms with Crippen LogP contribution >= 0.6 is 0 Å². The second-order valence-corrected chi connectivity index (χ2v) is 5.74. The third-order valence-corrected chi connectivity index (χ3v) is 3.72. The van der Waals surface area contributed by atoms with Crippen molar-refractivity contribution >= 4 is 10.1 Å². The first-order valence-corrected chi connectivity index (χ1v) is 7.47. The number of unbranched alkanes of at least 4 members (excludes halogenated alkanes) is 2. The summed E-state index contributed by atoms with van der Waals surface area (Å²) in [5.74, 6) is 0. The molecule has 0 unspecified atom stereocenters. The zero-order chi connectivity index (χ0) is 14.3. The Balaban J connectivity index is 2.67. The second kappa shape index (κ2) is 7.13. The Morgan fingerprint density at radius 3 is 2.68 bits per heavy atom. The van der Waals surface area contributed by atoms with Crippen LogP contribution in [0.5, 0.6) is 0 Å². The van der Waals surface area contributed by atoms with Crippen LogP contribution in [0.25, 0.3) is 10.4 Å². The summed E-state index contributed by atoms with van der Waals surface area (Å²) >= 11 is 0. The highest BCUT2D eigenvalue weighted by Gasteiger charge is 2.14. The topological polar surface area (TPSA) is 103 Å². The van der Waals surface area contributed by atoms with Gasteiger partial charge in [-0.1, -0.05) is 29.2 Å². The van der Waals surface area contributed by atoms with E-state index in [4.69, 9.17) is 10.1 Å². The lowest BCUT2D eigenvalue weighted by atomic mass is 10.0. The van der Waals surface area contributed by atoms with E-state index in [0.29, 0.717) is 18.5 Å². The fourth-order valence-electron chi connectivity index (χ4n) is 1.87. The van der Waals surface area contributed by atoms with E-state index in [9.17, 15) is 8.42 Å². The van der Waals surface area contributed by atoms with Crippen molar-refractivity contribution in [3.8, 4) is 0 Å². The molecule has 7 heteroatoms. The third-order valence-electron chi connectivity index (χ3n) is 2.76. The highest BCUT2D eigenvalue weighted by atomic mass is 32.2. The van der Waals surface area contributed by atoms with E-state index in [0.717, 1.165) is 24.8 Å². The Bertz CT molecular complexity index is 578. The molecule has 19 heavy (non-hydrogen) atoms. The first-order valence-electron chi connectivity index (χ1n) is 6.03. The van der Waals surface area contributed by atoms with Gasteiger partial charge < -0.3 is 0 Å². The lowest BCUT2D eigenvalue weighted by Crippen LogP contribution is -2.04. The van der Waals surface area contributed by atoms with Crippen molar-refractivity contribution in [2.75, 3.05) is 6.54 Å². The molecule has 0 saturated heterocycles. The molecule has 0 aliphatic heterocycles. The molecule has 0 spiro atoms. The predicted molar refractivity (Wildman–Crippen MR) is 72.6 cm³/mol. The van der Waals surface area contributed by atoms with E-state index < -0.39 is 10.1 Å². The van der Waals surface area contributed by atoms with Gasteiger partial charge in [0.2, 0.25) is 0 Å². The lowest BCUT2D eigenvalue weighted by Gasteiger charge is -2.08. The van der Waals surface area contributed by atoms with Crippen LogP contribution in [0.15, 0.2) is 28.2 Å². The summed E-state index contributed by atoms with van der Waals surface area (Å²) in [6, 6.07) is 4.87. The minimum absolute atomic E-state index is 0.0202. The van der Waals surface area contributed by atoms with Crippen molar-refractivity contribution in [3.05, 3.63) is 39.8 Å². The number of benzene rings is 1. The number of aryl methyl sites for hydroxylation is 2. The summed E-state index contributed by atoms with van der Waals surface area (Å²) in [7, 11) is -4.17. The summed E-state index contributed by atoms with van der Waals surface area (Å²) < 4.78 is 31.6. The monoisotopic (exact) mass is 283 g/mol. The second-order valence-electron chi connectivity index (χ2n) is 4.35. The summed E-state index contributed by atoms with van der Waals surface area (Å²) in [6.07, 6.45) is 2.98. The van der Waals surface area contributed by atoms with E-state index in [2.05, 4.69) is 10.0 Å². The Morgan fingerprint density at radius 1 is 1.32 bits per heavy atom. The van der Waals surface area contributed by atoms with Crippen LogP contribution in [0.1, 0.15) is 30.4 Å². The van der Waals surface area contributed by atoms with Crippen molar-refractivity contribution in [1.29, 1.82) is 0 Å². The summed E-state index contributed by atoms with van der Waals surface area (Å²) in [4.78, 5) is 2.64. The van der Waals surface area contributed by atoms with Crippen LogP contribution in [-0.4, -0.2) is 19.5 Å². The summed E-state index contributed by atoms with van der Waals surface area (Å²) in [6.45, 7) is 2.33. The van der Waals surface area contributed by atoms with Crippen molar-refractivity contribution in [2.45, 2.75) is 37.5 Å². The number of hydrogen-bond donors (Lipinski definition) is 1. The van der Waals surface area contributed by atoms with Gasteiger partial charge in [0.1, 0.15) is 0 Å². The Kier molecular flexibility index (Phi) is 5.82. The average molecular weight is 283 g/mol. The van der Waals surface area contributed by atoms with E-state index in [1.807, 2.05) is 6.92 Å². The van der Waals surface area contributed by atoms with Crippen LogP contribution in [0.3, 0.4) is 0 Å². The van der Waals surface area contributed by atoms with E-state index in [1.165, 1.54) is 6.07 Å². The van der Waals surface area contributed by atoms with Gasteiger partial charge in [0, 0.05) is 11.5 Å². The smallest absolute Gasteiger partial charge is 0.282 e. The minimum atomic E-state index is -4.17. The molecule has 0 bridgehead atoms. The normalized spacial score (nSPS) is 11.1. The van der Waals surface area contributed by atoms with Crippen molar-refractivity contribution < 1.29 is 13.0 Å². The molecular formula is C12H17N3O3S. The zero-order valence-corrected chi connectivity index (χ0v) is 11.6. The molecule has 0 aliphatic carbocycles. The van der Waals surface area contributed by atoms with Crippen LogP contribution in [0.2, 0.25) is 0 Å². The largest absolute Gasteiger partial charge is 0.294 e. The quantitative estimate of drug-likeness (QED) is 0.273. The molecule has 0 aromatic heterocycles. The maximum Gasteiger partial charge on any atom is 0.294 e. The summed E-state index contributed by atoms with van der Waals surface area (Å²) in [5, 5.41) is 3.43. The van der Waals surface area contributed by atoms with Gasteiger partial charge in [-0.3, -0.25) is 4.55 Å². The van der Waals surface area contributed by atoms with E-state index >= 15 is 0 Å². The fraction of sp³-hybridized carbons (Fsp3) is 0.500. The molecule has 0 amide bonds. The number of hydrogen-bond acceptors (Lipinski definition) is 3. The molecule has 1 N–H and O–H groups in total. The highest BCUT2D eigenvalue weighted by Crippen LogP contribution is 2.19. The van der Waals surface area contributed by atoms with Gasteiger partial charge in [-0.15, -0.1) is 0 Å². The minimum Gasteiger partial charge on any atom is -0.282 e. The molecular weight excluding hydrogens is 266 g/mol. The zero-order valence-electron chi connectivity index (χ0n) is 10.8. The van der Waals surface area contributed by atoms with Crippen LogP contribution in [-0.2, 0) is 16.5 Å². The Hall–Kier alpha value is -1.56. The average Bonchev–Trinajstić information content (AvgIpc) is 2.32. The predicted octanol–water partition coefficient (Wildman–Crippen LogP) is 3.26. The fourth-order valence-corrected chi connectivity index (χ4v) is 2.61. The van der Waals surface area contributed by atoms with Gasteiger partial charge in [-0.05, 0) is 43.3 Å². The van der Waals surface area contributed by atoms with Crippen molar-refractivity contribution in [3.63, 3.8) is 0 Å². The molecule has 1 aromatic rings. The van der Waals surface area contributed by atoms with Crippen LogP contribution in [0, 0.1) is 6.92 Å². The Morgan fingerprint density at radius 2 is 2.05 bits per heavy atom. The van der Waals surface area contributed by atoms with Crippen molar-refractivity contribution in [2.24, 2.45) is 5.11 Å². The highest BCUT2D eigenvalue weighted by molar-refractivity contribution is 7.85. The van der Waals surface area contributed by atoms with E-state index in [-0.39, 0.29) is 4.90 Å². The van der Waals surface area contributed by atoms with Gasteiger partial charge in [0.05, 0.1) is 4.90 Å². The molecule has 0 heterocycles. The van der Waals surface area contributed by atoms with Crippen LogP contribution in [0.4, 0.5) is 0 Å².